The van der Waals surface area contributed by atoms with E-state index in [1.807, 2.05) is 0 Å². The summed E-state index contributed by atoms with van der Waals surface area (Å²) in [7, 11) is 2.08. The zero-order valence-corrected chi connectivity index (χ0v) is 13.6. The highest BCUT2D eigenvalue weighted by Gasteiger charge is 2.29. The summed E-state index contributed by atoms with van der Waals surface area (Å²) in [6.45, 7) is 5.43. The predicted molar refractivity (Wildman–Crippen MR) is 86.6 cm³/mol. The largest absolute Gasteiger partial charge is 0.507 e. The summed E-state index contributed by atoms with van der Waals surface area (Å²) in [5.41, 5.74) is -0.0994. The van der Waals surface area contributed by atoms with Crippen LogP contribution in [0.2, 0.25) is 0 Å². The maximum atomic E-state index is 12.5. The SMILES string of the molecule is CCCN(C)C[C@@H]1CCN(C(=O)c2ccc([N+](=O)[O-])cc2O)C1. The Morgan fingerprint density at radius 3 is 2.87 bits per heavy atom. The summed E-state index contributed by atoms with van der Waals surface area (Å²) < 4.78 is 0. The minimum absolute atomic E-state index is 0.123. The molecule has 1 heterocycles. The second-order valence-corrected chi connectivity index (χ2v) is 6.13. The van der Waals surface area contributed by atoms with Crippen molar-refractivity contribution in [2.24, 2.45) is 5.92 Å². The van der Waals surface area contributed by atoms with Crippen LogP contribution in [-0.2, 0) is 0 Å². The van der Waals surface area contributed by atoms with Crippen LogP contribution in [0.15, 0.2) is 18.2 Å². The molecule has 0 spiro atoms. The summed E-state index contributed by atoms with van der Waals surface area (Å²) in [6.07, 6.45) is 2.04. The third-order valence-electron chi connectivity index (χ3n) is 4.17. The molecule has 1 atom stereocenters. The van der Waals surface area contributed by atoms with Gasteiger partial charge >= 0.3 is 0 Å². The molecule has 1 N–H and O–H groups in total. The molecule has 0 radical (unpaired) electrons. The van der Waals surface area contributed by atoms with Gasteiger partial charge in [-0.25, -0.2) is 0 Å². The van der Waals surface area contributed by atoms with Crippen molar-refractivity contribution >= 4 is 11.6 Å². The molecule has 1 aliphatic rings. The lowest BCUT2D eigenvalue weighted by Crippen LogP contribution is -2.32. The summed E-state index contributed by atoms with van der Waals surface area (Å²) in [5.74, 6) is -0.176. The number of phenolic OH excluding ortho intramolecular Hbond substituents is 1. The highest BCUT2D eigenvalue weighted by molar-refractivity contribution is 5.97. The molecular formula is C16H23N3O4. The number of aromatic hydroxyl groups is 1. The molecule has 0 bridgehead atoms. The smallest absolute Gasteiger partial charge is 0.273 e. The molecule has 7 heteroatoms. The fraction of sp³-hybridized carbons (Fsp3) is 0.562. The average Bonchev–Trinajstić information content (AvgIpc) is 2.95. The Morgan fingerprint density at radius 2 is 2.26 bits per heavy atom. The molecule has 2 rings (SSSR count). The van der Waals surface area contributed by atoms with Crippen LogP contribution in [0.25, 0.3) is 0 Å². The van der Waals surface area contributed by atoms with E-state index < -0.39 is 4.92 Å². The number of rotatable bonds is 6. The van der Waals surface area contributed by atoms with E-state index in [0.717, 1.165) is 32.0 Å². The summed E-state index contributed by atoms with van der Waals surface area (Å²) in [6, 6.07) is 3.59. The van der Waals surface area contributed by atoms with Crippen LogP contribution in [0, 0.1) is 16.0 Å². The summed E-state index contributed by atoms with van der Waals surface area (Å²) in [5, 5.41) is 20.6. The van der Waals surface area contributed by atoms with Crippen LogP contribution in [0.4, 0.5) is 5.69 Å². The van der Waals surface area contributed by atoms with Gasteiger partial charge in [0.05, 0.1) is 16.6 Å². The van der Waals surface area contributed by atoms with E-state index in [-0.39, 0.29) is 22.9 Å². The first kappa shape index (κ1) is 17.2. The summed E-state index contributed by atoms with van der Waals surface area (Å²) >= 11 is 0. The van der Waals surface area contributed by atoms with Crippen LogP contribution in [0.3, 0.4) is 0 Å². The van der Waals surface area contributed by atoms with Crippen molar-refractivity contribution in [1.29, 1.82) is 0 Å². The van der Waals surface area contributed by atoms with Gasteiger partial charge in [0.15, 0.2) is 0 Å². The van der Waals surface area contributed by atoms with Crippen LogP contribution in [-0.4, -0.2) is 59.0 Å². The molecule has 7 nitrogen and oxygen atoms in total. The first-order valence-corrected chi connectivity index (χ1v) is 7.87. The van der Waals surface area contributed by atoms with E-state index in [2.05, 4.69) is 18.9 Å². The number of benzene rings is 1. The number of carbonyl (C=O) groups excluding carboxylic acids is 1. The fourth-order valence-corrected chi connectivity index (χ4v) is 3.06. The molecule has 1 fully saturated rings. The Balaban J connectivity index is 2.00. The van der Waals surface area contributed by atoms with Gasteiger partial charge in [-0.1, -0.05) is 6.92 Å². The number of likely N-dealkylation sites (tertiary alicyclic amines) is 1. The zero-order chi connectivity index (χ0) is 17.0. The van der Waals surface area contributed by atoms with Crippen molar-refractivity contribution in [3.63, 3.8) is 0 Å². The monoisotopic (exact) mass is 321 g/mol. The van der Waals surface area contributed by atoms with Crippen LogP contribution in [0.1, 0.15) is 30.1 Å². The van der Waals surface area contributed by atoms with Gasteiger partial charge in [-0.05, 0) is 38.4 Å². The van der Waals surface area contributed by atoms with E-state index in [9.17, 15) is 20.0 Å². The standard InChI is InChI=1S/C16H23N3O4/c1-3-7-17(2)10-12-6-8-18(11-12)16(21)14-5-4-13(19(22)23)9-15(14)20/h4-5,9,12,20H,3,6-8,10-11H2,1-2H3/t12-/m0/s1. The number of nitrogens with zero attached hydrogens (tertiary/aromatic N) is 3. The first-order chi connectivity index (χ1) is 10.9. The van der Waals surface area contributed by atoms with Gasteiger partial charge in [0.25, 0.3) is 11.6 Å². The highest BCUT2D eigenvalue weighted by Crippen LogP contribution is 2.27. The Kier molecular flexibility index (Phi) is 5.54. The van der Waals surface area contributed by atoms with Crippen molar-refractivity contribution in [3.05, 3.63) is 33.9 Å². The quantitative estimate of drug-likeness (QED) is 0.640. The van der Waals surface area contributed by atoms with E-state index in [4.69, 9.17) is 0 Å². The topological polar surface area (TPSA) is 86.9 Å². The minimum atomic E-state index is -0.594. The Hall–Kier alpha value is -2.15. The molecular weight excluding hydrogens is 298 g/mol. The van der Waals surface area contributed by atoms with Gasteiger partial charge in [0.1, 0.15) is 5.75 Å². The van der Waals surface area contributed by atoms with Gasteiger partial charge < -0.3 is 14.9 Å². The Labute approximate surface area is 135 Å². The lowest BCUT2D eigenvalue weighted by Gasteiger charge is -2.21. The molecule has 0 unspecified atom stereocenters. The number of amides is 1. The third-order valence-corrected chi connectivity index (χ3v) is 4.17. The molecule has 1 aliphatic heterocycles. The van der Waals surface area contributed by atoms with Crippen molar-refractivity contribution in [1.82, 2.24) is 9.80 Å². The van der Waals surface area contributed by atoms with E-state index in [1.165, 1.54) is 12.1 Å². The van der Waals surface area contributed by atoms with Gasteiger partial charge in [-0.15, -0.1) is 0 Å². The van der Waals surface area contributed by atoms with Gasteiger partial charge in [0, 0.05) is 25.7 Å². The normalized spacial score (nSPS) is 17.7. The number of phenols is 1. The number of hydrogen-bond acceptors (Lipinski definition) is 5. The van der Waals surface area contributed by atoms with E-state index >= 15 is 0 Å². The van der Waals surface area contributed by atoms with E-state index in [1.54, 1.807) is 4.90 Å². The number of hydrogen-bond donors (Lipinski definition) is 1. The number of non-ortho nitro benzene ring substituents is 1. The predicted octanol–water partition coefficient (Wildman–Crippen LogP) is 2.10. The van der Waals surface area contributed by atoms with Gasteiger partial charge in [-0.2, -0.15) is 0 Å². The Bertz CT molecular complexity index is 591. The Morgan fingerprint density at radius 1 is 1.52 bits per heavy atom. The van der Waals surface area contributed by atoms with Crippen molar-refractivity contribution in [3.8, 4) is 5.75 Å². The zero-order valence-electron chi connectivity index (χ0n) is 13.6. The summed E-state index contributed by atoms with van der Waals surface area (Å²) in [4.78, 5) is 26.6. The second kappa shape index (κ2) is 7.41. The van der Waals surface area contributed by atoms with E-state index in [0.29, 0.717) is 19.0 Å². The van der Waals surface area contributed by atoms with Gasteiger partial charge in [0.2, 0.25) is 0 Å². The lowest BCUT2D eigenvalue weighted by molar-refractivity contribution is -0.384. The lowest BCUT2D eigenvalue weighted by atomic mass is 10.1. The molecule has 1 aromatic carbocycles. The maximum Gasteiger partial charge on any atom is 0.273 e. The van der Waals surface area contributed by atoms with Crippen molar-refractivity contribution in [2.45, 2.75) is 19.8 Å². The molecule has 126 valence electrons. The molecule has 1 aromatic rings. The molecule has 0 aromatic heterocycles. The second-order valence-electron chi connectivity index (χ2n) is 6.13. The number of nitro benzene ring substituents is 1. The minimum Gasteiger partial charge on any atom is -0.507 e. The van der Waals surface area contributed by atoms with Crippen LogP contribution >= 0.6 is 0 Å². The molecule has 0 aliphatic carbocycles. The average molecular weight is 321 g/mol. The maximum absolute atomic E-state index is 12.5. The highest BCUT2D eigenvalue weighted by atomic mass is 16.6. The molecule has 0 saturated carbocycles. The molecule has 1 saturated heterocycles. The van der Waals surface area contributed by atoms with Crippen molar-refractivity contribution in [2.75, 3.05) is 33.2 Å². The van der Waals surface area contributed by atoms with Crippen LogP contribution < -0.4 is 0 Å². The number of nitro groups is 1. The van der Waals surface area contributed by atoms with Crippen molar-refractivity contribution < 1.29 is 14.8 Å². The fourth-order valence-electron chi connectivity index (χ4n) is 3.06. The third kappa shape index (κ3) is 4.19. The van der Waals surface area contributed by atoms with Gasteiger partial charge in [-0.3, -0.25) is 14.9 Å². The molecule has 1 amide bonds. The van der Waals surface area contributed by atoms with Crippen LogP contribution in [0.5, 0.6) is 5.75 Å². The molecule has 23 heavy (non-hydrogen) atoms. The number of carbonyl (C=O) groups is 1. The first-order valence-electron chi connectivity index (χ1n) is 7.87.